The SMILES string of the molecule is COc1ccc(NC(=O)c2ccc(Cl)c(Cl)c2)c(OCC(=O)O)c1. The maximum atomic E-state index is 12.3. The van der Waals surface area contributed by atoms with E-state index in [-0.39, 0.29) is 10.8 Å². The first-order valence-electron chi connectivity index (χ1n) is 6.69. The topological polar surface area (TPSA) is 84.9 Å². The van der Waals surface area contributed by atoms with Crippen LogP contribution in [0.5, 0.6) is 11.5 Å². The fourth-order valence-electron chi connectivity index (χ4n) is 1.82. The van der Waals surface area contributed by atoms with Crippen LogP contribution in [0.25, 0.3) is 0 Å². The lowest BCUT2D eigenvalue weighted by molar-refractivity contribution is -0.139. The zero-order valence-electron chi connectivity index (χ0n) is 12.5. The molecule has 2 N–H and O–H groups in total. The number of ether oxygens (including phenoxy) is 2. The Hall–Kier alpha value is -2.44. The minimum atomic E-state index is -1.14. The van der Waals surface area contributed by atoms with Gasteiger partial charge in [-0.2, -0.15) is 0 Å². The quantitative estimate of drug-likeness (QED) is 0.810. The van der Waals surface area contributed by atoms with Gasteiger partial charge in [0.1, 0.15) is 11.5 Å². The van der Waals surface area contributed by atoms with Crippen molar-refractivity contribution in [1.82, 2.24) is 0 Å². The van der Waals surface area contributed by atoms with E-state index in [1.54, 1.807) is 12.1 Å². The molecule has 2 aromatic rings. The molecule has 0 spiro atoms. The molecule has 0 unspecified atom stereocenters. The molecule has 0 radical (unpaired) electrons. The standard InChI is InChI=1S/C16H13Cl2NO5/c1-23-10-3-5-13(14(7-10)24-8-15(20)21)19-16(22)9-2-4-11(17)12(18)6-9/h2-7H,8H2,1H3,(H,19,22)(H,20,21). The van der Waals surface area contributed by atoms with Crippen molar-refractivity contribution < 1.29 is 24.2 Å². The second kappa shape index (κ2) is 7.90. The lowest BCUT2D eigenvalue weighted by Crippen LogP contribution is -2.15. The first-order chi connectivity index (χ1) is 11.4. The smallest absolute Gasteiger partial charge is 0.341 e. The highest BCUT2D eigenvalue weighted by atomic mass is 35.5. The number of hydrogen-bond acceptors (Lipinski definition) is 4. The van der Waals surface area contributed by atoms with E-state index in [4.69, 9.17) is 37.8 Å². The van der Waals surface area contributed by atoms with Crippen molar-refractivity contribution in [2.45, 2.75) is 0 Å². The Morgan fingerprint density at radius 3 is 2.50 bits per heavy atom. The van der Waals surface area contributed by atoms with E-state index in [0.717, 1.165) is 0 Å². The number of carboxylic acids is 1. The third-order valence-electron chi connectivity index (χ3n) is 2.97. The molecule has 2 rings (SSSR count). The minimum Gasteiger partial charge on any atom is -0.497 e. The highest BCUT2D eigenvalue weighted by molar-refractivity contribution is 6.42. The summed E-state index contributed by atoms with van der Waals surface area (Å²) in [4.78, 5) is 23.0. The molecule has 2 aromatic carbocycles. The molecule has 0 aromatic heterocycles. The number of hydrogen-bond donors (Lipinski definition) is 2. The van der Waals surface area contributed by atoms with Gasteiger partial charge < -0.3 is 19.9 Å². The molecule has 6 nitrogen and oxygen atoms in total. The summed E-state index contributed by atoms with van der Waals surface area (Å²) < 4.78 is 10.2. The number of amides is 1. The number of halogens is 2. The van der Waals surface area contributed by atoms with Crippen molar-refractivity contribution in [3.63, 3.8) is 0 Å². The molecule has 0 aliphatic rings. The van der Waals surface area contributed by atoms with E-state index in [0.29, 0.717) is 22.0 Å². The number of carbonyl (C=O) groups is 2. The number of nitrogens with one attached hydrogen (secondary N) is 1. The first-order valence-corrected chi connectivity index (χ1v) is 7.45. The first kappa shape index (κ1) is 17.9. The van der Waals surface area contributed by atoms with Crippen molar-refractivity contribution in [3.05, 3.63) is 52.0 Å². The fourth-order valence-corrected chi connectivity index (χ4v) is 2.12. The molecule has 0 heterocycles. The number of rotatable bonds is 6. The van der Waals surface area contributed by atoms with Gasteiger partial charge in [0.15, 0.2) is 6.61 Å². The van der Waals surface area contributed by atoms with Crippen molar-refractivity contribution in [2.75, 3.05) is 19.0 Å². The van der Waals surface area contributed by atoms with Crippen molar-refractivity contribution >= 4 is 40.8 Å². The number of methoxy groups -OCH3 is 1. The third-order valence-corrected chi connectivity index (χ3v) is 3.71. The Balaban J connectivity index is 2.25. The lowest BCUT2D eigenvalue weighted by Gasteiger charge is -2.13. The van der Waals surface area contributed by atoms with Crippen LogP contribution in [0.3, 0.4) is 0 Å². The minimum absolute atomic E-state index is 0.171. The molecule has 0 aliphatic carbocycles. The van der Waals surface area contributed by atoms with E-state index >= 15 is 0 Å². The Kier molecular flexibility index (Phi) is 5.89. The van der Waals surface area contributed by atoms with E-state index in [1.165, 1.54) is 31.4 Å². The van der Waals surface area contributed by atoms with Crippen LogP contribution in [0.1, 0.15) is 10.4 Å². The van der Waals surface area contributed by atoms with Gasteiger partial charge in [0, 0.05) is 11.6 Å². The number of carboxylic acid groups (broad SMARTS) is 1. The molecular formula is C16H13Cl2NO5. The predicted octanol–water partition coefficient (Wildman–Crippen LogP) is 3.72. The summed E-state index contributed by atoms with van der Waals surface area (Å²) >= 11 is 11.7. The van der Waals surface area contributed by atoms with E-state index < -0.39 is 18.5 Å². The van der Waals surface area contributed by atoms with Crippen LogP contribution in [0.4, 0.5) is 5.69 Å². The van der Waals surface area contributed by atoms with Gasteiger partial charge in [0.25, 0.3) is 5.91 Å². The van der Waals surface area contributed by atoms with Gasteiger partial charge in [-0.3, -0.25) is 4.79 Å². The average Bonchev–Trinajstić information content (AvgIpc) is 2.56. The van der Waals surface area contributed by atoms with Gasteiger partial charge >= 0.3 is 5.97 Å². The third kappa shape index (κ3) is 4.53. The lowest BCUT2D eigenvalue weighted by atomic mass is 10.2. The summed E-state index contributed by atoms with van der Waals surface area (Å²) in [5, 5.41) is 12.0. The van der Waals surface area contributed by atoms with Crippen LogP contribution in [0.2, 0.25) is 10.0 Å². The largest absolute Gasteiger partial charge is 0.497 e. The maximum absolute atomic E-state index is 12.3. The summed E-state index contributed by atoms with van der Waals surface area (Å²) in [5.41, 5.74) is 0.595. The molecule has 0 saturated heterocycles. The van der Waals surface area contributed by atoms with Gasteiger partial charge in [-0.05, 0) is 30.3 Å². The van der Waals surface area contributed by atoms with Crippen LogP contribution < -0.4 is 14.8 Å². The second-order valence-electron chi connectivity index (χ2n) is 4.63. The molecule has 8 heteroatoms. The summed E-state index contributed by atoms with van der Waals surface area (Å²) in [6.45, 7) is -0.553. The second-order valence-corrected chi connectivity index (χ2v) is 5.44. The fraction of sp³-hybridized carbons (Fsp3) is 0.125. The highest BCUT2D eigenvalue weighted by Gasteiger charge is 2.13. The van der Waals surface area contributed by atoms with Gasteiger partial charge in [-0.25, -0.2) is 4.79 Å². The molecule has 0 atom stereocenters. The van der Waals surface area contributed by atoms with E-state index in [1.807, 2.05) is 0 Å². The van der Waals surface area contributed by atoms with Gasteiger partial charge in [-0.15, -0.1) is 0 Å². The van der Waals surface area contributed by atoms with Gasteiger partial charge in [0.2, 0.25) is 0 Å². The van der Waals surface area contributed by atoms with Gasteiger partial charge in [-0.1, -0.05) is 23.2 Å². The monoisotopic (exact) mass is 369 g/mol. The molecule has 24 heavy (non-hydrogen) atoms. The summed E-state index contributed by atoms with van der Waals surface area (Å²) in [6, 6.07) is 9.09. The van der Waals surface area contributed by atoms with Crippen LogP contribution in [-0.4, -0.2) is 30.7 Å². The highest BCUT2D eigenvalue weighted by Crippen LogP contribution is 2.30. The Morgan fingerprint density at radius 2 is 1.88 bits per heavy atom. The molecule has 0 saturated carbocycles. The Bertz CT molecular complexity index is 779. The van der Waals surface area contributed by atoms with E-state index in [2.05, 4.69) is 5.32 Å². The van der Waals surface area contributed by atoms with E-state index in [9.17, 15) is 9.59 Å². The number of anilines is 1. The molecule has 0 bridgehead atoms. The normalized spacial score (nSPS) is 10.1. The molecule has 1 amide bonds. The maximum Gasteiger partial charge on any atom is 0.341 e. The number of aliphatic carboxylic acids is 1. The van der Waals surface area contributed by atoms with Gasteiger partial charge in [0.05, 0.1) is 22.8 Å². The Labute approximate surface area is 147 Å². The molecular weight excluding hydrogens is 357 g/mol. The molecule has 126 valence electrons. The summed E-state index contributed by atoms with van der Waals surface area (Å²) in [7, 11) is 1.46. The van der Waals surface area contributed by atoms with Crippen molar-refractivity contribution in [2.24, 2.45) is 0 Å². The molecule has 0 fully saturated rings. The average molecular weight is 370 g/mol. The van der Waals surface area contributed by atoms with Crippen LogP contribution in [0.15, 0.2) is 36.4 Å². The Morgan fingerprint density at radius 1 is 1.12 bits per heavy atom. The molecule has 0 aliphatic heterocycles. The zero-order chi connectivity index (χ0) is 17.7. The van der Waals surface area contributed by atoms with Crippen LogP contribution in [-0.2, 0) is 4.79 Å². The number of benzene rings is 2. The summed E-state index contributed by atoms with van der Waals surface area (Å²) in [5.74, 6) is -0.952. The number of carbonyl (C=O) groups excluding carboxylic acids is 1. The zero-order valence-corrected chi connectivity index (χ0v) is 14.0. The van der Waals surface area contributed by atoms with Crippen LogP contribution in [0, 0.1) is 0 Å². The summed E-state index contributed by atoms with van der Waals surface area (Å²) in [6.07, 6.45) is 0. The van der Waals surface area contributed by atoms with Crippen LogP contribution >= 0.6 is 23.2 Å². The van der Waals surface area contributed by atoms with Crippen molar-refractivity contribution in [3.8, 4) is 11.5 Å². The van der Waals surface area contributed by atoms with Crippen molar-refractivity contribution in [1.29, 1.82) is 0 Å². The predicted molar refractivity (Wildman–Crippen MR) is 90.5 cm³/mol.